The molecule has 1 aliphatic carbocycles. The zero-order valence-electron chi connectivity index (χ0n) is 20.7. The lowest BCUT2D eigenvalue weighted by Gasteiger charge is -2.37. The number of pyridine rings is 1. The van der Waals surface area contributed by atoms with Gasteiger partial charge in [0.05, 0.1) is 22.5 Å². The van der Waals surface area contributed by atoms with Crippen molar-refractivity contribution in [2.75, 3.05) is 9.80 Å². The molecule has 1 fully saturated rings. The van der Waals surface area contributed by atoms with Crippen LogP contribution in [0.5, 0.6) is 0 Å². The molecule has 0 radical (unpaired) electrons. The Labute approximate surface area is 221 Å². The first-order valence-corrected chi connectivity index (χ1v) is 12.0. The Kier molecular flexibility index (Phi) is 5.18. The summed E-state index contributed by atoms with van der Waals surface area (Å²) in [4.78, 5) is 83.9. The highest BCUT2D eigenvalue weighted by Crippen LogP contribution is 2.62. The number of carbonyl (C=O) groups is 6. The van der Waals surface area contributed by atoms with E-state index >= 15 is 0 Å². The fourth-order valence-electron chi connectivity index (χ4n) is 6.01. The number of ether oxygens (including phenoxy) is 1. The molecule has 0 N–H and O–H groups in total. The number of esters is 2. The Bertz CT molecular complexity index is 1670. The van der Waals surface area contributed by atoms with Gasteiger partial charge >= 0.3 is 11.9 Å². The summed E-state index contributed by atoms with van der Waals surface area (Å²) in [5, 5.41) is 0. The minimum Gasteiger partial charge on any atom is -0.389 e. The topological polar surface area (TPSA) is 131 Å². The van der Waals surface area contributed by atoms with E-state index in [0.717, 1.165) is 9.80 Å². The number of hydrogen-bond acceptors (Lipinski definition) is 8. The first-order chi connectivity index (χ1) is 18.7. The number of benzene rings is 2. The van der Waals surface area contributed by atoms with E-state index in [1.165, 1.54) is 19.9 Å². The number of aromatic nitrogens is 1. The zero-order chi connectivity index (χ0) is 27.6. The summed E-state index contributed by atoms with van der Waals surface area (Å²) in [5.74, 6) is -6.11. The number of fused-ring (bicyclic) bond motifs is 5. The highest BCUT2D eigenvalue weighted by atomic mass is 16.6. The number of hydrogen-bond donors (Lipinski definition) is 0. The standard InChI is InChI=1S/C24H14N2O7.C5H5N/c1-10(27)25-15-9-5-7-13-16(15)17(20(25)29)18-19(22(31)33-21(18)30)24(13)12-6-3-4-8-14(12)26(11(2)28)23(24)32;1-2-4-6-5-3-1/h3-9,19H,1-2H3;1-5H. The minimum atomic E-state index is -1.80. The van der Waals surface area contributed by atoms with Crippen LogP contribution in [0, 0.1) is 5.92 Å². The SMILES string of the molecule is CC(=O)N1C(=O)C2(c3ccccc31)c1cccc3c1C(=C1C(=O)OC(=O)C12)C(=O)N3C(C)=O.c1ccncc1. The number of carbonyl (C=O) groups excluding carboxylic acids is 6. The molecule has 2 atom stereocenters. The number of amides is 4. The average molecular weight is 521 g/mol. The number of cyclic esters (lactones) is 2. The Balaban J connectivity index is 0.000000410. The van der Waals surface area contributed by atoms with E-state index in [2.05, 4.69) is 4.98 Å². The monoisotopic (exact) mass is 521 g/mol. The molecule has 39 heavy (non-hydrogen) atoms. The van der Waals surface area contributed by atoms with Crippen LogP contribution in [-0.2, 0) is 38.9 Å². The third kappa shape index (κ3) is 2.99. The van der Waals surface area contributed by atoms with Crippen LogP contribution in [0.1, 0.15) is 30.5 Å². The van der Waals surface area contributed by atoms with Crippen molar-refractivity contribution in [2.24, 2.45) is 5.92 Å². The van der Waals surface area contributed by atoms with Gasteiger partial charge in [0.2, 0.25) is 17.7 Å². The highest BCUT2D eigenvalue weighted by molar-refractivity contribution is 6.45. The maximum atomic E-state index is 14.1. The number of anilines is 2. The van der Waals surface area contributed by atoms with Crippen molar-refractivity contribution in [2.45, 2.75) is 19.3 Å². The molecule has 1 spiro atoms. The molecule has 10 nitrogen and oxygen atoms in total. The van der Waals surface area contributed by atoms with Crippen molar-refractivity contribution < 1.29 is 33.5 Å². The highest BCUT2D eigenvalue weighted by Gasteiger charge is 2.69. The molecule has 4 aliphatic rings. The molecule has 3 aliphatic heterocycles. The van der Waals surface area contributed by atoms with E-state index in [1.807, 2.05) is 18.2 Å². The van der Waals surface area contributed by atoms with Crippen LogP contribution in [0.15, 0.2) is 78.6 Å². The van der Waals surface area contributed by atoms with Gasteiger partial charge in [0.1, 0.15) is 11.3 Å². The van der Waals surface area contributed by atoms with Gasteiger partial charge in [0, 0.05) is 31.8 Å². The van der Waals surface area contributed by atoms with Crippen molar-refractivity contribution in [3.63, 3.8) is 0 Å². The fourth-order valence-corrected chi connectivity index (χ4v) is 6.01. The predicted octanol–water partition coefficient (Wildman–Crippen LogP) is 2.31. The van der Waals surface area contributed by atoms with Gasteiger partial charge < -0.3 is 4.74 Å². The van der Waals surface area contributed by atoms with Crippen LogP contribution < -0.4 is 9.80 Å². The molecule has 4 heterocycles. The van der Waals surface area contributed by atoms with E-state index in [1.54, 1.807) is 48.8 Å². The second-order valence-electron chi connectivity index (χ2n) is 9.30. The second-order valence-corrected chi connectivity index (χ2v) is 9.30. The third-order valence-corrected chi connectivity index (χ3v) is 7.32. The molecule has 192 valence electrons. The summed E-state index contributed by atoms with van der Waals surface area (Å²) < 4.78 is 4.94. The van der Waals surface area contributed by atoms with Crippen molar-refractivity contribution >= 4 is 52.5 Å². The molecule has 1 saturated heterocycles. The molecular weight excluding hydrogens is 502 g/mol. The van der Waals surface area contributed by atoms with Crippen LogP contribution in [0.3, 0.4) is 0 Å². The molecule has 10 heteroatoms. The quantitative estimate of drug-likeness (QED) is 0.325. The summed E-state index contributed by atoms with van der Waals surface area (Å²) in [6, 6.07) is 16.9. The van der Waals surface area contributed by atoms with Crippen molar-refractivity contribution in [1.82, 2.24) is 4.98 Å². The third-order valence-electron chi connectivity index (χ3n) is 7.32. The van der Waals surface area contributed by atoms with E-state index in [0.29, 0.717) is 5.56 Å². The molecule has 2 aromatic carbocycles. The molecule has 2 unspecified atom stereocenters. The molecule has 7 rings (SSSR count). The minimum absolute atomic E-state index is 0.117. The number of nitrogens with zero attached hydrogens (tertiary/aromatic N) is 3. The van der Waals surface area contributed by atoms with Crippen LogP contribution in [0.2, 0.25) is 0 Å². The smallest absolute Gasteiger partial charge is 0.343 e. The summed E-state index contributed by atoms with van der Waals surface area (Å²) in [6.45, 7) is 2.44. The normalized spacial score (nSPS) is 21.8. The molecule has 3 aromatic rings. The molecule has 1 aromatic heterocycles. The van der Waals surface area contributed by atoms with E-state index < -0.39 is 46.9 Å². The van der Waals surface area contributed by atoms with Crippen LogP contribution in [0.25, 0.3) is 5.57 Å². The summed E-state index contributed by atoms with van der Waals surface area (Å²) in [5.41, 5.74) is -0.836. The zero-order valence-corrected chi connectivity index (χ0v) is 20.7. The predicted molar refractivity (Wildman–Crippen MR) is 136 cm³/mol. The molecule has 4 amide bonds. The fraction of sp³-hybridized carbons (Fsp3) is 0.138. The average Bonchev–Trinajstić information content (AvgIpc) is 3.48. The van der Waals surface area contributed by atoms with Gasteiger partial charge in [0.15, 0.2) is 0 Å². The van der Waals surface area contributed by atoms with Crippen LogP contribution in [0.4, 0.5) is 11.4 Å². The van der Waals surface area contributed by atoms with E-state index in [9.17, 15) is 28.8 Å². The Morgan fingerprint density at radius 3 is 2.05 bits per heavy atom. The van der Waals surface area contributed by atoms with E-state index in [4.69, 9.17) is 4.74 Å². The lowest BCUT2D eigenvalue weighted by atomic mass is 9.59. The van der Waals surface area contributed by atoms with Gasteiger partial charge in [-0.1, -0.05) is 36.4 Å². The Morgan fingerprint density at radius 2 is 1.44 bits per heavy atom. The maximum Gasteiger partial charge on any atom is 0.343 e. The van der Waals surface area contributed by atoms with Crippen molar-refractivity contribution in [1.29, 1.82) is 0 Å². The largest absolute Gasteiger partial charge is 0.389 e. The lowest BCUT2D eigenvalue weighted by molar-refractivity contribution is -0.154. The summed E-state index contributed by atoms with van der Waals surface area (Å²) >= 11 is 0. The summed E-state index contributed by atoms with van der Waals surface area (Å²) in [6.07, 6.45) is 3.50. The van der Waals surface area contributed by atoms with Gasteiger partial charge in [-0.2, -0.15) is 0 Å². The van der Waals surface area contributed by atoms with Crippen molar-refractivity contribution in [3.8, 4) is 0 Å². The van der Waals surface area contributed by atoms with Crippen molar-refractivity contribution in [3.05, 3.63) is 95.3 Å². The number of para-hydroxylation sites is 1. The number of imide groups is 2. The Hall–Kier alpha value is -5.25. The molecular formula is C29H19N3O7. The van der Waals surface area contributed by atoms with Gasteiger partial charge in [-0.15, -0.1) is 0 Å². The van der Waals surface area contributed by atoms with Gasteiger partial charge in [0.25, 0.3) is 5.91 Å². The maximum absolute atomic E-state index is 14.1. The molecule has 0 saturated carbocycles. The number of rotatable bonds is 0. The van der Waals surface area contributed by atoms with Crippen LogP contribution >= 0.6 is 0 Å². The van der Waals surface area contributed by atoms with Gasteiger partial charge in [-0.25, -0.2) is 14.6 Å². The first-order valence-electron chi connectivity index (χ1n) is 12.0. The second kappa shape index (κ2) is 8.38. The first kappa shape index (κ1) is 24.1. The molecule has 0 bridgehead atoms. The Morgan fingerprint density at radius 1 is 0.795 bits per heavy atom. The van der Waals surface area contributed by atoms with E-state index in [-0.39, 0.29) is 33.6 Å². The van der Waals surface area contributed by atoms with Crippen LogP contribution in [-0.4, -0.2) is 40.6 Å². The summed E-state index contributed by atoms with van der Waals surface area (Å²) in [7, 11) is 0. The van der Waals surface area contributed by atoms with Gasteiger partial charge in [-0.3, -0.25) is 29.0 Å². The van der Waals surface area contributed by atoms with Gasteiger partial charge in [-0.05, 0) is 35.4 Å². The lowest BCUT2D eigenvalue weighted by Crippen LogP contribution is -2.51.